The molecule has 0 spiro atoms. The molecule has 5 nitrogen and oxygen atoms in total. The molecule has 2 aromatic heterocycles. The molecule has 6 heteroatoms. The molecule has 0 aliphatic carbocycles. The van der Waals surface area contributed by atoms with Gasteiger partial charge >= 0.3 is 0 Å². The van der Waals surface area contributed by atoms with Crippen LogP contribution in [0.1, 0.15) is 5.56 Å². The highest BCUT2D eigenvalue weighted by Crippen LogP contribution is 2.27. The second-order valence-electron chi connectivity index (χ2n) is 7.12. The monoisotopic (exact) mass is 389 g/mol. The maximum Gasteiger partial charge on any atom is 0.172 e. The number of aromatic nitrogens is 3. The minimum absolute atomic E-state index is 0.465. The van der Waals surface area contributed by atoms with Gasteiger partial charge in [-0.2, -0.15) is 0 Å². The summed E-state index contributed by atoms with van der Waals surface area (Å²) >= 11 is 6.43. The molecule has 28 heavy (non-hydrogen) atoms. The number of hydrogen-bond donors (Lipinski definition) is 0. The summed E-state index contributed by atoms with van der Waals surface area (Å²) in [4.78, 5) is 18.7. The van der Waals surface area contributed by atoms with E-state index in [-0.39, 0.29) is 0 Å². The summed E-state index contributed by atoms with van der Waals surface area (Å²) in [6, 6.07) is 18.3. The number of rotatable bonds is 2. The zero-order chi connectivity index (χ0) is 19.1. The van der Waals surface area contributed by atoms with Crippen molar-refractivity contribution in [3.05, 3.63) is 65.3 Å². The van der Waals surface area contributed by atoms with E-state index in [0.717, 1.165) is 54.4 Å². The van der Waals surface area contributed by atoms with E-state index < -0.39 is 0 Å². The van der Waals surface area contributed by atoms with Gasteiger partial charge in [0.15, 0.2) is 11.0 Å². The van der Waals surface area contributed by atoms with Gasteiger partial charge in [0.05, 0.1) is 16.6 Å². The van der Waals surface area contributed by atoms with Crippen LogP contribution in [0.2, 0.25) is 5.15 Å². The van der Waals surface area contributed by atoms with E-state index >= 15 is 0 Å². The first-order chi connectivity index (χ1) is 13.7. The number of pyridine rings is 1. The van der Waals surface area contributed by atoms with E-state index in [4.69, 9.17) is 21.6 Å². The maximum absolute atomic E-state index is 6.43. The number of piperazine rings is 1. The molecule has 0 N–H and O–H groups in total. The zero-order valence-electron chi connectivity index (χ0n) is 15.6. The third-order valence-electron chi connectivity index (χ3n) is 5.32. The van der Waals surface area contributed by atoms with Crippen molar-refractivity contribution in [1.29, 1.82) is 0 Å². The van der Waals surface area contributed by atoms with Gasteiger partial charge in [0.25, 0.3) is 0 Å². The lowest BCUT2D eigenvalue weighted by atomic mass is 10.1. The Morgan fingerprint density at radius 2 is 1.36 bits per heavy atom. The Balaban J connectivity index is 1.39. The number of para-hydroxylation sites is 3. The average molecular weight is 390 g/mol. The third kappa shape index (κ3) is 3.02. The van der Waals surface area contributed by atoms with Crippen LogP contribution in [-0.2, 0) is 0 Å². The minimum atomic E-state index is 0.465. The number of anilines is 2. The third-order valence-corrected chi connectivity index (χ3v) is 5.58. The lowest BCUT2D eigenvalue weighted by molar-refractivity contribution is 0.642. The Labute approximate surface area is 168 Å². The second kappa shape index (κ2) is 6.91. The summed E-state index contributed by atoms with van der Waals surface area (Å²) < 4.78 is 0. The maximum atomic E-state index is 6.43. The van der Waals surface area contributed by atoms with Crippen LogP contribution < -0.4 is 9.80 Å². The summed E-state index contributed by atoms with van der Waals surface area (Å²) in [6.07, 6.45) is 0. The van der Waals surface area contributed by atoms with Crippen molar-refractivity contribution in [3.63, 3.8) is 0 Å². The molecule has 1 fully saturated rings. The van der Waals surface area contributed by atoms with E-state index in [1.54, 1.807) is 0 Å². The molecule has 0 unspecified atom stereocenters. The summed E-state index contributed by atoms with van der Waals surface area (Å²) in [7, 11) is 0. The zero-order valence-corrected chi connectivity index (χ0v) is 16.4. The fourth-order valence-corrected chi connectivity index (χ4v) is 4.06. The Bertz CT molecular complexity index is 1170. The van der Waals surface area contributed by atoms with Gasteiger partial charge in [0.1, 0.15) is 5.82 Å². The number of aryl methyl sites for hydroxylation is 1. The average Bonchev–Trinajstić information content (AvgIpc) is 2.73. The first kappa shape index (κ1) is 17.2. The molecule has 0 atom stereocenters. The van der Waals surface area contributed by atoms with Gasteiger partial charge in [-0.3, -0.25) is 0 Å². The molecule has 3 heterocycles. The fraction of sp³-hybridized carbons (Fsp3) is 0.227. The molecule has 1 aliphatic heterocycles. The van der Waals surface area contributed by atoms with Crippen LogP contribution in [0.5, 0.6) is 0 Å². The van der Waals surface area contributed by atoms with Crippen LogP contribution in [0.25, 0.3) is 21.9 Å². The van der Waals surface area contributed by atoms with Crippen LogP contribution in [0, 0.1) is 6.92 Å². The normalized spacial score (nSPS) is 14.8. The van der Waals surface area contributed by atoms with Crippen LogP contribution in [0.15, 0.2) is 54.6 Å². The van der Waals surface area contributed by atoms with Crippen LogP contribution in [0.4, 0.5) is 11.6 Å². The summed E-state index contributed by atoms with van der Waals surface area (Å²) in [5.74, 6) is 1.80. The quantitative estimate of drug-likeness (QED) is 0.506. The standard InChI is InChI=1S/C22H20ClN5/c1-15-14-20(24-17-7-3-2-6-16(15)17)27-10-12-28(13-11-27)22-21(23)25-18-8-4-5-9-19(18)26-22/h2-9,14H,10-13H2,1H3. The van der Waals surface area contributed by atoms with E-state index in [2.05, 4.69) is 46.0 Å². The molecule has 140 valence electrons. The number of fused-ring (bicyclic) bond motifs is 2. The van der Waals surface area contributed by atoms with Crippen LogP contribution in [-0.4, -0.2) is 41.1 Å². The molecule has 0 saturated carbocycles. The van der Waals surface area contributed by atoms with Gasteiger partial charge < -0.3 is 9.80 Å². The van der Waals surface area contributed by atoms with Gasteiger partial charge in [-0.15, -0.1) is 0 Å². The molecular formula is C22H20ClN5. The summed E-state index contributed by atoms with van der Waals surface area (Å²) in [6.45, 7) is 5.56. The lowest BCUT2D eigenvalue weighted by Crippen LogP contribution is -2.47. The molecule has 0 bridgehead atoms. The van der Waals surface area contributed by atoms with Crippen molar-refractivity contribution >= 4 is 45.2 Å². The van der Waals surface area contributed by atoms with Gasteiger partial charge in [-0.05, 0) is 36.8 Å². The number of halogens is 1. The molecule has 1 saturated heterocycles. The smallest absolute Gasteiger partial charge is 0.172 e. The second-order valence-corrected chi connectivity index (χ2v) is 7.47. The van der Waals surface area contributed by atoms with Crippen molar-refractivity contribution in [1.82, 2.24) is 15.0 Å². The van der Waals surface area contributed by atoms with Crippen molar-refractivity contribution < 1.29 is 0 Å². The highest BCUT2D eigenvalue weighted by Gasteiger charge is 2.22. The first-order valence-electron chi connectivity index (χ1n) is 9.47. The number of benzene rings is 2. The molecule has 4 aromatic rings. The Morgan fingerprint density at radius 3 is 2.11 bits per heavy atom. The summed E-state index contributed by atoms with van der Waals surface area (Å²) in [5.41, 5.74) is 4.00. The topological polar surface area (TPSA) is 45.2 Å². The van der Waals surface area contributed by atoms with Crippen molar-refractivity contribution in [2.24, 2.45) is 0 Å². The molecule has 0 radical (unpaired) electrons. The predicted octanol–water partition coefficient (Wildman–Crippen LogP) is 4.47. The highest BCUT2D eigenvalue weighted by molar-refractivity contribution is 6.32. The summed E-state index contributed by atoms with van der Waals surface area (Å²) in [5, 5.41) is 1.68. The minimum Gasteiger partial charge on any atom is -0.353 e. The lowest BCUT2D eigenvalue weighted by Gasteiger charge is -2.36. The molecule has 1 aliphatic rings. The number of nitrogens with zero attached hydrogens (tertiary/aromatic N) is 5. The molecular weight excluding hydrogens is 370 g/mol. The number of hydrogen-bond acceptors (Lipinski definition) is 5. The van der Waals surface area contributed by atoms with Crippen LogP contribution >= 0.6 is 11.6 Å². The first-order valence-corrected chi connectivity index (χ1v) is 9.85. The van der Waals surface area contributed by atoms with Crippen molar-refractivity contribution in [2.45, 2.75) is 6.92 Å². The van der Waals surface area contributed by atoms with Crippen LogP contribution in [0.3, 0.4) is 0 Å². The van der Waals surface area contributed by atoms with E-state index in [9.17, 15) is 0 Å². The Hall–Kier alpha value is -2.92. The Morgan fingerprint density at radius 1 is 0.750 bits per heavy atom. The molecule has 2 aromatic carbocycles. The van der Waals surface area contributed by atoms with Gasteiger partial charge in [0, 0.05) is 31.6 Å². The SMILES string of the molecule is Cc1cc(N2CCN(c3nc4ccccc4nc3Cl)CC2)nc2ccccc12. The van der Waals surface area contributed by atoms with Crippen molar-refractivity contribution in [3.8, 4) is 0 Å². The predicted molar refractivity (Wildman–Crippen MR) is 115 cm³/mol. The van der Waals surface area contributed by atoms with E-state index in [1.165, 1.54) is 10.9 Å². The Kier molecular flexibility index (Phi) is 4.24. The highest BCUT2D eigenvalue weighted by atomic mass is 35.5. The van der Waals surface area contributed by atoms with Crippen molar-refractivity contribution in [2.75, 3.05) is 36.0 Å². The van der Waals surface area contributed by atoms with Gasteiger partial charge in [0.2, 0.25) is 0 Å². The fourth-order valence-electron chi connectivity index (χ4n) is 3.81. The molecule has 5 rings (SSSR count). The van der Waals surface area contributed by atoms with E-state index in [0.29, 0.717) is 5.15 Å². The largest absolute Gasteiger partial charge is 0.353 e. The van der Waals surface area contributed by atoms with Gasteiger partial charge in [-0.25, -0.2) is 15.0 Å². The molecule has 0 amide bonds. The van der Waals surface area contributed by atoms with Gasteiger partial charge in [-0.1, -0.05) is 41.9 Å². The van der Waals surface area contributed by atoms with E-state index in [1.807, 2.05) is 30.3 Å².